The van der Waals surface area contributed by atoms with E-state index in [1.54, 1.807) is 7.11 Å². The molecule has 104 valence electrons. The smallest absolute Gasteiger partial charge is 0.257 e. The van der Waals surface area contributed by atoms with Crippen molar-refractivity contribution in [2.24, 2.45) is 5.92 Å². The van der Waals surface area contributed by atoms with Crippen molar-refractivity contribution in [3.63, 3.8) is 0 Å². The Labute approximate surface area is 119 Å². The fourth-order valence-corrected chi connectivity index (χ4v) is 2.94. The molecule has 0 spiro atoms. The number of piperidine rings is 1. The number of carbonyl (C=O) groups is 1. The van der Waals surface area contributed by atoms with Crippen LogP contribution in [-0.4, -0.2) is 36.9 Å². The van der Waals surface area contributed by atoms with Crippen molar-refractivity contribution in [1.29, 1.82) is 0 Å². The fraction of sp³-hybridized carbons (Fsp3) is 0.533. The number of hydrogen-bond acceptors (Lipinski definition) is 2. The molecule has 0 saturated carbocycles. The molecule has 0 aliphatic carbocycles. The maximum absolute atomic E-state index is 12.5. The lowest BCUT2D eigenvalue weighted by Crippen LogP contribution is -2.40. The third-order valence-electron chi connectivity index (χ3n) is 3.66. The molecule has 1 aliphatic heterocycles. The molecule has 2 rings (SSSR count). The van der Waals surface area contributed by atoms with Gasteiger partial charge in [0, 0.05) is 19.0 Å². The number of methoxy groups -OCH3 is 1. The Kier molecular flexibility index (Phi) is 5.08. The van der Waals surface area contributed by atoms with E-state index in [-0.39, 0.29) is 5.91 Å². The average molecular weight is 282 g/mol. The van der Waals surface area contributed by atoms with Gasteiger partial charge >= 0.3 is 0 Å². The van der Waals surface area contributed by atoms with Gasteiger partial charge in [-0.2, -0.15) is 0 Å². The van der Waals surface area contributed by atoms with Crippen LogP contribution in [0.2, 0.25) is 0 Å². The number of nitrogens with zero attached hydrogens (tertiary/aromatic N) is 1. The molecule has 3 nitrogen and oxygen atoms in total. The number of alkyl halides is 1. The van der Waals surface area contributed by atoms with Crippen LogP contribution in [0.25, 0.3) is 0 Å². The van der Waals surface area contributed by atoms with Crippen molar-refractivity contribution < 1.29 is 9.53 Å². The second kappa shape index (κ2) is 6.80. The fourth-order valence-electron chi connectivity index (χ4n) is 2.63. The molecular formula is C15H20ClNO2. The van der Waals surface area contributed by atoms with Crippen molar-refractivity contribution >= 4 is 17.5 Å². The summed E-state index contributed by atoms with van der Waals surface area (Å²) in [7, 11) is 1.60. The van der Waals surface area contributed by atoms with Crippen LogP contribution >= 0.6 is 11.6 Å². The number of carbonyl (C=O) groups excluding carboxylic acids is 1. The lowest BCUT2D eigenvalue weighted by molar-refractivity contribution is 0.0668. The van der Waals surface area contributed by atoms with E-state index in [9.17, 15) is 4.79 Å². The monoisotopic (exact) mass is 281 g/mol. The first-order valence-electron chi connectivity index (χ1n) is 6.74. The van der Waals surface area contributed by atoms with Gasteiger partial charge < -0.3 is 9.64 Å². The van der Waals surface area contributed by atoms with Crippen LogP contribution in [0.3, 0.4) is 0 Å². The van der Waals surface area contributed by atoms with Gasteiger partial charge in [0.05, 0.1) is 12.7 Å². The van der Waals surface area contributed by atoms with Gasteiger partial charge in [-0.15, -0.1) is 11.6 Å². The molecule has 0 radical (unpaired) electrons. The Morgan fingerprint density at radius 2 is 2.26 bits per heavy atom. The lowest BCUT2D eigenvalue weighted by Gasteiger charge is -2.32. The number of halogens is 1. The topological polar surface area (TPSA) is 29.5 Å². The van der Waals surface area contributed by atoms with Gasteiger partial charge in [0.2, 0.25) is 0 Å². The van der Waals surface area contributed by atoms with Crippen LogP contribution in [0.1, 0.15) is 29.6 Å². The molecule has 1 aliphatic rings. The predicted octanol–water partition coefficient (Wildman–Crippen LogP) is 3.18. The van der Waals surface area contributed by atoms with Gasteiger partial charge in [-0.25, -0.2) is 0 Å². The Morgan fingerprint density at radius 3 is 3.00 bits per heavy atom. The first-order chi connectivity index (χ1) is 9.26. The molecule has 0 N–H and O–H groups in total. The summed E-state index contributed by atoms with van der Waals surface area (Å²) in [6.07, 6.45) is 3.21. The van der Waals surface area contributed by atoms with Gasteiger partial charge in [-0.05, 0) is 37.3 Å². The van der Waals surface area contributed by atoms with Crippen LogP contribution in [0.4, 0.5) is 0 Å². The van der Waals surface area contributed by atoms with Crippen molar-refractivity contribution in [1.82, 2.24) is 4.90 Å². The van der Waals surface area contributed by atoms with Crippen molar-refractivity contribution in [2.45, 2.75) is 19.3 Å². The molecule has 19 heavy (non-hydrogen) atoms. The van der Waals surface area contributed by atoms with Crippen molar-refractivity contribution in [2.75, 3.05) is 26.1 Å². The molecule has 1 heterocycles. The minimum absolute atomic E-state index is 0.0664. The van der Waals surface area contributed by atoms with E-state index in [1.807, 2.05) is 29.2 Å². The van der Waals surface area contributed by atoms with E-state index in [0.29, 0.717) is 23.1 Å². The van der Waals surface area contributed by atoms with E-state index in [2.05, 4.69) is 0 Å². The zero-order valence-electron chi connectivity index (χ0n) is 11.3. The summed E-state index contributed by atoms with van der Waals surface area (Å²) < 4.78 is 5.26. The van der Waals surface area contributed by atoms with Gasteiger partial charge in [-0.3, -0.25) is 4.79 Å². The summed E-state index contributed by atoms with van der Waals surface area (Å²) in [5.74, 6) is 1.91. The van der Waals surface area contributed by atoms with E-state index < -0.39 is 0 Å². The molecule has 1 fully saturated rings. The molecule has 1 saturated heterocycles. The number of amides is 1. The van der Waals surface area contributed by atoms with E-state index in [1.165, 1.54) is 6.42 Å². The maximum atomic E-state index is 12.5. The third kappa shape index (κ3) is 3.41. The summed E-state index contributed by atoms with van der Waals surface area (Å²) in [6.45, 7) is 1.64. The SMILES string of the molecule is COc1ccccc1C(=O)N1CCCC(CCCl)C1. The molecular weight excluding hydrogens is 262 g/mol. The summed E-state index contributed by atoms with van der Waals surface area (Å²) in [6, 6.07) is 7.40. The van der Waals surface area contributed by atoms with Crippen LogP contribution in [0.5, 0.6) is 5.75 Å². The Morgan fingerprint density at radius 1 is 1.47 bits per heavy atom. The Hall–Kier alpha value is -1.22. The molecule has 1 amide bonds. The summed E-state index contributed by atoms with van der Waals surface area (Å²) in [4.78, 5) is 14.5. The highest BCUT2D eigenvalue weighted by Crippen LogP contribution is 2.24. The summed E-state index contributed by atoms with van der Waals surface area (Å²) in [5.41, 5.74) is 0.650. The second-order valence-corrected chi connectivity index (χ2v) is 5.32. The van der Waals surface area contributed by atoms with Crippen LogP contribution in [0, 0.1) is 5.92 Å². The number of para-hydroxylation sites is 1. The highest BCUT2D eigenvalue weighted by atomic mass is 35.5. The molecule has 1 unspecified atom stereocenters. The number of hydrogen-bond donors (Lipinski definition) is 0. The lowest BCUT2D eigenvalue weighted by atomic mass is 9.95. The van der Waals surface area contributed by atoms with Gasteiger partial charge in [0.15, 0.2) is 0 Å². The average Bonchev–Trinajstić information content (AvgIpc) is 2.47. The normalized spacial score (nSPS) is 19.3. The Balaban J connectivity index is 2.10. The Bertz CT molecular complexity index is 434. The highest BCUT2D eigenvalue weighted by Gasteiger charge is 2.25. The number of ether oxygens (including phenoxy) is 1. The van der Waals surface area contributed by atoms with Crippen LogP contribution in [0.15, 0.2) is 24.3 Å². The molecule has 0 bridgehead atoms. The van der Waals surface area contributed by atoms with Crippen molar-refractivity contribution in [3.05, 3.63) is 29.8 Å². The van der Waals surface area contributed by atoms with Crippen LogP contribution in [-0.2, 0) is 0 Å². The van der Waals surface area contributed by atoms with E-state index in [0.717, 1.165) is 25.9 Å². The molecule has 1 aromatic rings. The second-order valence-electron chi connectivity index (χ2n) is 4.94. The zero-order chi connectivity index (χ0) is 13.7. The molecule has 0 aromatic heterocycles. The van der Waals surface area contributed by atoms with Crippen LogP contribution < -0.4 is 4.74 Å². The number of rotatable bonds is 4. The predicted molar refractivity (Wildman–Crippen MR) is 77.0 cm³/mol. The minimum Gasteiger partial charge on any atom is -0.496 e. The zero-order valence-corrected chi connectivity index (χ0v) is 12.0. The van der Waals surface area contributed by atoms with Gasteiger partial charge in [0.25, 0.3) is 5.91 Å². The van der Waals surface area contributed by atoms with Crippen molar-refractivity contribution in [3.8, 4) is 5.75 Å². The maximum Gasteiger partial charge on any atom is 0.257 e. The number of benzene rings is 1. The first-order valence-corrected chi connectivity index (χ1v) is 7.28. The van der Waals surface area contributed by atoms with E-state index >= 15 is 0 Å². The molecule has 1 aromatic carbocycles. The number of likely N-dealkylation sites (tertiary alicyclic amines) is 1. The first kappa shape index (κ1) is 14.2. The van der Waals surface area contributed by atoms with Gasteiger partial charge in [0.1, 0.15) is 5.75 Å². The summed E-state index contributed by atoms with van der Waals surface area (Å²) >= 11 is 5.80. The molecule has 1 atom stereocenters. The van der Waals surface area contributed by atoms with E-state index in [4.69, 9.17) is 16.3 Å². The standard InChI is InChI=1S/C15H20ClNO2/c1-19-14-7-3-2-6-13(14)15(18)17-10-4-5-12(11-17)8-9-16/h2-3,6-7,12H,4-5,8-11H2,1H3. The summed E-state index contributed by atoms with van der Waals surface area (Å²) in [5, 5.41) is 0. The largest absolute Gasteiger partial charge is 0.496 e. The quantitative estimate of drug-likeness (QED) is 0.794. The van der Waals surface area contributed by atoms with Gasteiger partial charge in [-0.1, -0.05) is 12.1 Å². The molecule has 4 heteroatoms. The minimum atomic E-state index is 0.0664. The highest BCUT2D eigenvalue weighted by molar-refractivity contribution is 6.17. The third-order valence-corrected chi connectivity index (χ3v) is 3.88.